The maximum absolute atomic E-state index is 13.2. The van der Waals surface area contributed by atoms with E-state index in [9.17, 15) is 4.39 Å². The van der Waals surface area contributed by atoms with Crippen LogP contribution in [0.15, 0.2) is 18.2 Å². The molecule has 0 amide bonds. The fourth-order valence-electron chi connectivity index (χ4n) is 1.87. The molecule has 1 aliphatic heterocycles. The topological polar surface area (TPSA) is 44.7 Å². The van der Waals surface area contributed by atoms with Gasteiger partial charge in [-0.1, -0.05) is 6.07 Å². The maximum Gasteiger partial charge on any atom is 0.125 e. The minimum Gasteiger partial charge on any atom is -0.378 e. The van der Waals surface area contributed by atoms with E-state index in [0.29, 0.717) is 19.8 Å². The molecule has 1 aliphatic rings. The fraction of sp³-hybridized carbons (Fsp3) is 0.455. The van der Waals surface area contributed by atoms with E-state index in [2.05, 4.69) is 10.4 Å². The van der Waals surface area contributed by atoms with Gasteiger partial charge in [-0.2, -0.15) is 0 Å². The molecular formula is C11H15FN2O2. The molecule has 1 heterocycles. The van der Waals surface area contributed by atoms with Crippen molar-refractivity contribution in [3.63, 3.8) is 0 Å². The van der Waals surface area contributed by atoms with E-state index >= 15 is 0 Å². The molecule has 2 rings (SSSR count). The van der Waals surface area contributed by atoms with Crippen LogP contribution in [-0.4, -0.2) is 31.5 Å². The quantitative estimate of drug-likeness (QED) is 0.759. The Labute approximate surface area is 93.6 Å². The summed E-state index contributed by atoms with van der Waals surface area (Å²) in [5, 5.41) is 8.72. The van der Waals surface area contributed by atoms with Crippen LogP contribution in [0.5, 0.6) is 0 Å². The average Bonchev–Trinajstić information content (AvgIpc) is 2.33. The third-order valence-corrected chi connectivity index (χ3v) is 2.67. The summed E-state index contributed by atoms with van der Waals surface area (Å²) in [6.07, 6.45) is 0. The van der Waals surface area contributed by atoms with Crippen LogP contribution in [0.2, 0.25) is 0 Å². The first-order valence-corrected chi connectivity index (χ1v) is 5.29. The fourth-order valence-corrected chi connectivity index (χ4v) is 1.87. The molecule has 0 radical (unpaired) electrons. The van der Waals surface area contributed by atoms with Crippen molar-refractivity contribution in [1.82, 2.24) is 5.48 Å². The predicted octanol–water partition coefficient (Wildman–Crippen LogP) is 1.14. The van der Waals surface area contributed by atoms with Crippen LogP contribution in [0.25, 0.3) is 0 Å². The lowest BCUT2D eigenvalue weighted by molar-refractivity contribution is 0.122. The molecule has 1 saturated heterocycles. The highest BCUT2D eigenvalue weighted by atomic mass is 19.1. The average molecular weight is 226 g/mol. The first-order valence-electron chi connectivity index (χ1n) is 5.29. The molecule has 1 aromatic rings. The van der Waals surface area contributed by atoms with Crippen LogP contribution in [0.3, 0.4) is 0 Å². The summed E-state index contributed by atoms with van der Waals surface area (Å²) in [5.74, 6) is -0.261. The van der Waals surface area contributed by atoms with Gasteiger partial charge in [0, 0.05) is 25.3 Å². The van der Waals surface area contributed by atoms with Gasteiger partial charge in [0.1, 0.15) is 5.82 Å². The molecule has 16 heavy (non-hydrogen) atoms. The summed E-state index contributed by atoms with van der Waals surface area (Å²) >= 11 is 0. The Hall–Kier alpha value is -1.17. The highest BCUT2D eigenvalue weighted by Crippen LogP contribution is 2.22. The van der Waals surface area contributed by atoms with Gasteiger partial charge in [-0.3, -0.25) is 0 Å². The molecule has 0 spiro atoms. The van der Waals surface area contributed by atoms with Crippen LogP contribution in [0.4, 0.5) is 10.1 Å². The van der Waals surface area contributed by atoms with Crippen molar-refractivity contribution in [3.05, 3.63) is 29.6 Å². The highest BCUT2D eigenvalue weighted by molar-refractivity contribution is 5.54. The summed E-state index contributed by atoms with van der Waals surface area (Å²) < 4.78 is 18.5. The molecule has 88 valence electrons. The summed E-state index contributed by atoms with van der Waals surface area (Å²) in [6, 6.07) is 4.58. The van der Waals surface area contributed by atoms with Gasteiger partial charge in [0.2, 0.25) is 0 Å². The van der Waals surface area contributed by atoms with Gasteiger partial charge in [0.15, 0.2) is 0 Å². The Morgan fingerprint density at radius 1 is 1.38 bits per heavy atom. The molecular weight excluding hydrogens is 211 g/mol. The number of morpholine rings is 1. The molecule has 4 nitrogen and oxygen atoms in total. The van der Waals surface area contributed by atoms with Crippen LogP contribution < -0.4 is 10.4 Å². The van der Waals surface area contributed by atoms with Crippen LogP contribution in [0, 0.1) is 5.82 Å². The number of nitrogens with one attached hydrogen (secondary N) is 1. The minimum absolute atomic E-state index is 0.261. The zero-order valence-corrected chi connectivity index (χ0v) is 8.95. The largest absolute Gasteiger partial charge is 0.378 e. The van der Waals surface area contributed by atoms with Crippen molar-refractivity contribution in [1.29, 1.82) is 0 Å². The van der Waals surface area contributed by atoms with E-state index < -0.39 is 0 Å². The van der Waals surface area contributed by atoms with Gasteiger partial charge in [-0.25, -0.2) is 9.87 Å². The van der Waals surface area contributed by atoms with Crippen LogP contribution >= 0.6 is 0 Å². The SMILES string of the molecule is ONCc1ccc(F)cc1N1CCOCC1. The Bertz CT molecular complexity index is 354. The number of halogens is 1. The van der Waals surface area contributed by atoms with Crippen LogP contribution in [0.1, 0.15) is 5.56 Å². The summed E-state index contributed by atoms with van der Waals surface area (Å²) in [5.41, 5.74) is 3.81. The number of ether oxygens (including phenoxy) is 1. The zero-order valence-electron chi connectivity index (χ0n) is 8.95. The van der Waals surface area contributed by atoms with Gasteiger partial charge >= 0.3 is 0 Å². The molecule has 0 saturated carbocycles. The lowest BCUT2D eigenvalue weighted by Gasteiger charge is -2.30. The predicted molar refractivity (Wildman–Crippen MR) is 58.1 cm³/mol. The van der Waals surface area contributed by atoms with Gasteiger partial charge < -0.3 is 14.8 Å². The number of hydrogen-bond donors (Lipinski definition) is 2. The number of benzene rings is 1. The molecule has 0 unspecified atom stereocenters. The molecule has 1 aromatic carbocycles. The lowest BCUT2D eigenvalue weighted by atomic mass is 10.1. The molecule has 0 atom stereocenters. The Morgan fingerprint density at radius 2 is 2.12 bits per heavy atom. The highest BCUT2D eigenvalue weighted by Gasteiger charge is 2.15. The number of hydrogen-bond acceptors (Lipinski definition) is 4. The second-order valence-electron chi connectivity index (χ2n) is 3.71. The van der Waals surface area contributed by atoms with Crippen molar-refractivity contribution in [2.75, 3.05) is 31.2 Å². The third kappa shape index (κ3) is 2.49. The van der Waals surface area contributed by atoms with E-state index in [1.807, 2.05) is 0 Å². The molecule has 2 N–H and O–H groups in total. The van der Waals surface area contributed by atoms with Gasteiger partial charge in [-0.05, 0) is 17.7 Å². The second kappa shape index (κ2) is 5.25. The van der Waals surface area contributed by atoms with Gasteiger partial charge in [-0.15, -0.1) is 0 Å². The van der Waals surface area contributed by atoms with E-state index in [-0.39, 0.29) is 5.82 Å². The normalized spacial score (nSPS) is 16.5. The molecule has 0 bridgehead atoms. The second-order valence-corrected chi connectivity index (χ2v) is 3.71. The van der Waals surface area contributed by atoms with Crippen molar-refractivity contribution >= 4 is 5.69 Å². The molecule has 0 aromatic heterocycles. The number of anilines is 1. The molecule has 1 fully saturated rings. The summed E-state index contributed by atoms with van der Waals surface area (Å²) in [6.45, 7) is 3.13. The van der Waals surface area contributed by atoms with Crippen molar-refractivity contribution in [3.8, 4) is 0 Å². The van der Waals surface area contributed by atoms with E-state index in [0.717, 1.165) is 24.3 Å². The van der Waals surface area contributed by atoms with E-state index in [1.54, 1.807) is 6.07 Å². The zero-order chi connectivity index (χ0) is 11.4. The first-order chi connectivity index (χ1) is 7.81. The van der Waals surface area contributed by atoms with Crippen molar-refractivity contribution < 1.29 is 14.3 Å². The third-order valence-electron chi connectivity index (χ3n) is 2.67. The maximum atomic E-state index is 13.2. The molecule has 5 heteroatoms. The Balaban J connectivity index is 2.24. The van der Waals surface area contributed by atoms with Gasteiger partial charge in [0.25, 0.3) is 0 Å². The standard InChI is InChI=1S/C11H15FN2O2/c12-10-2-1-9(8-13-15)11(7-10)14-3-5-16-6-4-14/h1-2,7,13,15H,3-6,8H2. The Kier molecular flexibility index (Phi) is 3.71. The van der Waals surface area contributed by atoms with E-state index in [4.69, 9.17) is 9.94 Å². The smallest absolute Gasteiger partial charge is 0.125 e. The van der Waals surface area contributed by atoms with Crippen LogP contribution in [-0.2, 0) is 11.3 Å². The summed E-state index contributed by atoms with van der Waals surface area (Å²) in [4.78, 5) is 2.07. The lowest BCUT2D eigenvalue weighted by Crippen LogP contribution is -2.37. The monoisotopic (exact) mass is 226 g/mol. The summed E-state index contributed by atoms with van der Waals surface area (Å²) in [7, 11) is 0. The Morgan fingerprint density at radius 3 is 2.81 bits per heavy atom. The number of rotatable bonds is 3. The minimum atomic E-state index is -0.261. The van der Waals surface area contributed by atoms with Crippen molar-refractivity contribution in [2.45, 2.75) is 6.54 Å². The van der Waals surface area contributed by atoms with Gasteiger partial charge in [0.05, 0.1) is 13.2 Å². The number of hydroxylamine groups is 1. The first kappa shape index (κ1) is 11.3. The van der Waals surface area contributed by atoms with Crippen molar-refractivity contribution in [2.24, 2.45) is 0 Å². The van der Waals surface area contributed by atoms with E-state index in [1.165, 1.54) is 12.1 Å². The number of nitrogens with zero attached hydrogens (tertiary/aromatic N) is 1. The molecule has 0 aliphatic carbocycles.